The average Bonchev–Trinajstić information content (AvgIpc) is 2.97. The van der Waals surface area contributed by atoms with Crippen LogP contribution in [0.1, 0.15) is 59.8 Å². The second kappa shape index (κ2) is 20.7. The van der Waals surface area contributed by atoms with Crippen molar-refractivity contribution in [3.8, 4) is 0 Å². The zero-order valence-corrected chi connectivity index (χ0v) is 26.7. The van der Waals surface area contributed by atoms with Gasteiger partial charge in [-0.2, -0.15) is 0 Å². The first-order valence-electron chi connectivity index (χ1n) is 15.1. The maximum absolute atomic E-state index is 11.6. The zero-order valence-electron chi connectivity index (χ0n) is 25.7. The first-order chi connectivity index (χ1) is 19.9. The monoisotopic (exact) mass is 588 g/mol. The quantitative estimate of drug-likeness (QED) is 0.101. The standard InChI is InChI=1S/C33H52O7Si/c1-5-6-7-14-19-32(34)39-28-26-37-24-22-35-20-21-36-23-25-38-27-29-40-41(33(2,3)4,30-15-10-8-11-16-30)31-17-12-9-13-18-31/h8-13,15-18H,5-7,14,19-29H2,1-4H3. The Morgan fingerprint density at radius 3 is 1.49 bits per heavy atom. The van der Waals surface area contributed by atoms with Crippen LogP contribution in [-0.4, -0.2) is 80.4 Å². The molecule has 0 fully saturated rings. The van der Waals surface area contributed by atoms with Crippen LogP contribution in [0.2, 0.25) is 5.04 Å². The first-order valence-corrected chi connectivity index (χ1v) is 17.0. The number of esters is 1. The second-order valence-electron chi connectivity index (χ2n) is 11.0. The second-order valence-corrected chi connectivity index (χ2v) is 15.3. The summed E-state index contributed by atoms with van der Waals surface area (Å²) in [7, 11) is -2.53. The van der Waals surface area contributed by atoms with E-state index in [4.69, 9.17) is 28.1 Å². The van der Waals surface area contributed by atoms with Crippen LogP contribution in [-0.2, 0) is 32.9 Å². The van der Waals surface area contributed by atoms with Gasteiger partial charge in [-0.25, -0.2) is 0 Å². The molecule has 0 saturated heterocycles. The maximum Gasteiger partial charge on any atom is 0.305 e. The molecule has 2 rings (SSSR count). The zero-order chi connectivity index (χ0) is 29.7. The Labute approximate surface area is 248 Å². The van der Waals surface area contributed by atoms with E-state index in [1.807, 2.05) is 0 Å². The third-order valence-electron chi connectivity index (χ3n) is 6.80. The molecule has 2 aromatic rings. The van der Waals surface area contributed by atoms with Gasteiger partial charge in [0.15, 0.2) is 0 Å². The van der Waals surface area contributed by atoms with Crippen LogP contribution in [0.15, 0.2) is 60.7 Å². The minimum absolute atomic E-state index is 0.0514. The van der Waals surface area contributed by atoms with Crippen LogP contribution >= 0.6 is 0 Å². The van der Waals surface area contributed by atoms with E-state index in [9.17, 15) is 4.79 Å². The molecule has 8 heteroatoms. The lowest BCUT2D eigenvalue weighted by molar-refractivity contribution is -0.145. The van der Waals surface area contributed by atoms with Gasteiger partial charge in [-0.05, 0) is 21.8 Å². The van der Waals surface area contributed by atoms with Crippen molar-refractivity contribution in [3.05, 3.63) is 60.7 Å². The summed E-state index contributed by atoms with van der Waals surface area (Å²) in [6.45, 7) is 13.6. The lowest BCUT2D eigenvalue weighted by Gasteiger charge is -2.43. The first kappa shape index (κ1) is 35.1. The Bertz CT molecular complexity index is 879. The van der Waals surface area contributed by atoms with Crippen LogP contribution < -0.4 is 10.4 Å². The van der Waals surface area contributed by atoms with Gasteiger partial charge >= 0.3 is 5.97 Å². The highest BCUT2D eigenvalue weighted by atomic mass is 28.4. The molecule has 41 heavy (non-hydrogen) atoms. The number of unbranched alkanes of at least 4 members (excludes halogenated alkanes) is 3. The molecule has 0 bridgehead atoms. The smallest absolute Gasteiger partial charge is 0.305 e. The van der Waals surface area contributed by atoms with Crippen molar-refractivity contribution in [2.45, 2.75) is 64.8 Å². The number of carbonyl (C=O) groups is 1. The van der Waals surface area contributed by atoms with Crippen LogP contribution in [0.3, 0.4) is 0 Å². The predicted molar refractivity (Wildman–Crippen MR) is 167 cm³/mol. The van der Waals surface area contributed by atoms with Crippen molar-refractivity contribution in [1.82, 2.24) is 0 Å². The molecule has 0 aliphatic carbocycles. The number of benzene rings is 2. The van der Waals surface area contributed by atoms with E-state index in [0.29, 0.717) is 72.5 Å². The maximum atomic E-state index is 11.6. The molecular formula is C33H52O7Si. The van der Waals surface area contributed by atoms with Gasteiger partial charge in [0.25, 0.3) is 8.32 Å². The molecule has 0 amide bonds. The van der Waals surface area contributed by atoms with E-state index in [1.54, 1.807) is 0 Å². The highest BCUT2D eigenvalue weighted by molar-refractivity contribution is 6.99. The number of ether oxygens (including phenoxy) is 5. The predicted octanol–water partition coefficient (Wildman–Crippen LogP) is 5.14. The Balaban J connectivity index is 1.53. The van der Waals surface area contributed by atoms with E-state index in [-0.39, 0.29) is 11.0 Å². The number of hydrogen-bond donors (Lipinski definition) is 0. The summed E-state index contributed by atoms with van der Waals surface area (Å²) in [5.74, 6) is -0.145. The van der Waals surface area contributed by atoms with E-state index in [1.165, 1.54) is 10.4 Å². The number of carbonyl (C=O) groups excluding carboxylic acids is 1. The van der Waals surface area contributed by atoms with E-state index in [0.717, 1.165) is 25.7 Å². The molecule has 7 nitrogen and oxygen atoms in total. The summed E-state index contributed by atoms with van der Waals surface area (Å²) < 4.78 is 34.4. The average molecular weight is 589 g/mol. The molecule has 0 saturated carbocycles. The summed E-state index contributed by atoms with van der Waals surface area (Å²) in [6, 6.07) is 21.3. The van der Waals surface area contributed by atoms with E-state index >= 15 is 0 Å². The van der Waals surface area contributed by atoms with Gasteiger partial charge in [0, 0.05) is 6.42 Å². The molecule has 0 unspecified atom stereocenters. The van der Waals surface area contributed by atoms with Crippen molar-refractivity contribution in [2.24, 2.45) is 0 Å². The van der Waals surface area contributed by atoms with Crippen molar-refractivity contribution < 1.29 is 32.9 Å². The Kier molecular flexibility index (Phi) is 17.8. The van der Waals surface area contributed by atoms with Gasteiger partial charge in [0.1, 0.15) is 6.61 Å². The number of hydrogen-bond acceptors (Lipinski definition) is 7. The molecule has 0 atom stereocenters. The third kappa shape index (κ3) is 13.2. The fourth-order valence-electron chi connectivity index (χ4n) is 4.76. The molecule has 0 heterocycles. The van der Waals surface area contributed by atoms with Crippen LogP contribution in [0, 0.1) is 0 Å². The van der Waals surface area contributed by atoms with Gasteiger partial charge in [-0.1, -0.05) is 108 Å². The summed E-state index contributed by atoms with van der Waals surface area (Å²) in [6.07, 6.45) is 4.79. The molecular weight excluding hydrogens is 536 g/mol. The topological polar surface area (TPSA) is 72.5 Å². The Morgan fingerprint density at radius 1 is 0.610 bits per heavy atom. The molecule has 0 spiro atoms. The molecule has 0 aliphatic heterocycles. The summed E-state index contributed by atoms with van der Waals surface area (Å²) in [5.41, 5.74) is 0. The third-order valence-corrected chi connectivity index (χ3v) is 11.8. The molecule has 230 valence electrons. The summed E-state index contributed by atoms with van der Waals surface area (Å²) in [4.78, 5) is 11.6. The van der Waals surface area contributed by atoms with Crippen LogP contribution in [0.4, 0.5) is 0 Å². The normalized spacial score (nSPS) is 12.0. The van der Waals surface area contributed by atoms with Gasteiger partial charge in [-0.15, -0.1) is 0 Å². The Morgan fingerprint density at radius 2 is 1.05 bits per heavy atom. The lowest BCUT2D eigenvalue weighted by Crippen LogP contribution is -2.66. The van der Waals surface area contributed by atoms with E-state index in [2.05, 4.69) is 88.4 Å². The fourth-order valence-corrected chi connectivity index (χ4v) is 9.30. The molecule has 0 radical (unpaired) electrons. The van der Waals surface area contributed by atoms with Crippen LogP contribution in [0.5, 0.6) is 0 Å². The molecule has 0 aromatic heterocycles. The molecule has 0 N–H and O–H groups in total. The van der Waals surface area contributed by atoms with Gasteiger partial charge in [0.05, 0.1) is 59.5 Å². The summed E-state index contributed by atoms with van der Waals surface area (Å²) in [5, 5.41) is 2.48. The summed E-state index contributed by atoms with van der Waals surface area (Å²) >= 11 is 0. The van der Waals surface area contributed by atoms with Crippen molar-refractivity contribution >= 4 is 24.7 Å². The van der Waals surface area contributed by atoms with Crippen molar-refractivity contribution in [3.63, 3.8) is 0 Å². The van der Waals surface area contributed by atoms with Gasteiger partial charge in [-0.3, -0.25) is 4.79 Å². The number of rotatable bonds is 23. The highest BCUT2D eigenvalue weighted by Crippen LogP contribution is 2.36. The van der Waals surface area contributed by atoms with Gasteiger partial charge < -0.3 is 28.1 Å². The fraction of sp³-hybridized carbons (Fsp3) is 0.606. The van der Waals surface area contributed by atoms with Crippen molar-refractivity contribution in [1.29, 1.82) is 0 Å². The Hall–Kier alpha value is -2.07. The van der Waals surface area contributed by atoms with Crippen molar-refractivity contribution in [2.75, 3.05) is 66.1 Å². The SMILES string of the molecule is CCCCCCC(=O)OCCOCCOCCOCCOCCO[Si](c1ccccc1)(c1ccccc1)C(C)(C)C. The van der Waals surface area contributed by atoms with Gasteiger partial charge in [0.2, 0.25) is 0 Å². The molecule has 0 aliphatic rings. The largest absolute Gasteiger partial charge is 0.463 e. The minimum atomic E-state index is -2.53. The minimum Gasteiger partial charge on any atom is -0.463 e. The van der Waals surface area contributed by atoms with E-state index < -0.39 is 8.32 Å². The highest BCUT2D eigenvalue weighted by Gasteiger charge is 2.49. The lowest BCUT2D eigenvalue weighted by atomic mass is 10.2. The molecule has 2 aromatic carbocycles. The van der Waals surface area contributed by atoms with Crippen LogP contribution in [0.25, 0.3) is 0 Å².